The molecule has 12 aromatic carbocycles. The maximum atomic E-state index is 2.41. The van der Waals surface area contributed by atoms with E-state index in [-0.39, 0.29) is 0 Å². The van der Waals surface area contributed by atoms with Gasteiger partial charge in [-0.05, 0) is 144 Å². The van der Waals surface area contributed by atoms with Crippen LogP contribution in [0.4, 0.5) is 0 Å². The van der Waals surface area contributed by atoms with Gasteiger partial charge in [-0.1, -0.05) is 218 Å². The Bertz CT molecular complexity index is 3800. The predicted molar refractivity (Wildman–Crippen MR) is 267 cm³/mol. The number of rotatable bonds is 3. The summed E-state index contributed by atoms with van der Waals surface area (Å²) in [4.78, 5) is 0. The van der Waals surface area contributed by atoms with Crippen molar-refractivity contribution in [1.29, 1.82) is 0 Å². The molecule has 0 saturated heterocycles. The fraction of sp³-hybridized carbons (Fsp3) is 0.0159. The Morgan fingerprint density at radius 3 is 1.27 bits per heavy atom. The highest BCUT2D eigenvalue weighted by Gasteiger charge is 2.53. The molecule has 0 nitrogen and oxygen atoms in total. The number of benzene rings is 12. The lowest BCUT2D eigenvalue weighted by atomic mass is 9.68. The van der Waals surface area contributed by atoms with Gasteiger partial charge >= 0.3 is 0 Å². The summed E-state index contributed by atoms with van der Waals surface area (Å²) in [7, 11) is 0. The quantitative estimate of drug-likeness (QED) is 0.156. The van der Waals surface area contributed by atoms with Crippen molar-refractivity contribution < 1.29 is 0 Å². The van der Waals surface area contributed by atoms with Gasteiger partial charge in [-0.25, -0.2) is 0 Å². The molecule has 0 heterocycles. The average molecular weight is 795 g/mol. The number of hydrogen-bond donors (Lipinski definition) is 0. The van der Waals surface area contributed by atoms with Crippen LogP contribution in [0.25, 0.3) is 109 Å². The summed E-state index contributed by atoms with van der Waals surface area (Å²) in [5.74, 6) is 0. The smallest absolute Gasteiger partial charge is 0.0619 e. The highest BCUT2D eigenvalue weighted by Crippen LogP contribution is 2.65. The Hall–Kier alpha value is -8.06. The van der Waals surface area contributed by atoms with E-state index in [1.165, 1.54) is 132 Å². The summed E-state index contributed by atoms with van der Waals surface area (Å²) >= 11 is 0. The van der Waals surface area contributed by atoms with E-state index in [4.69, 9.17) is 0 Å². The van der Waals surface area contributed by atoms with Gasteiger partial charge in [-0.3, -0.25) is 0 Å². The van der Waals surface area contributed by atoms with Gasteiger partial charge in [0.2, 0.25) is 0 Å². The van der Waals surface area contributed by atoms with Crippen LogP contribution in [0.5, 0.6) is 0 Å². The molecule has 0 aliphatic heterocycles. The van der Waals surface area contributed by atoms with Crippen molar-refractivity contribution in [3.05, 3.63) is 253 Å². The van der Waals surface area contributed by atoms with Crippen LogP contribution < -0.4 is 0 Å². The van der Waals surface area contributed by atoms with Crippen molar-refractivity contribution in [3.63, 3.8) is 0 Å². The van der Waals surface area contributed by atoms with E-state index in [9.17, 15) is 0 Å². The summed E-state index contributed by atoms with van der Waals surface area (Å²) < 4.78 is 0. The fourth-order valence-corrected chi connectivity index (χ4v) is 11.9. The van der Waals surface area contributed by atoms with E-state index in [1.54, 1.807) is 0 Å². The van der Waals surface area contributed by atoms with Crippen molar-refractivity contribution in [1.82, 2.24) is 0 Å². The Morgan fingerprint density at radius 2 is 0.635 bits per heavy atom. The van der Waals surface area contributed by atoms with E-state index in [2.05, 4.69) is 231 Å². The minimum Gasteiger partial charge on any atom is -0.0619 e. The van der Waals surface area contributed by atoms with E-state index >= 15 is 0 Å². The lowest BCUT2D eigenvalue weighted by Gasteiger charge is -2.32. The number of fused-ring (bicyclic) bond motifs is 17. The topological polar surface area (TPSA) is 0 Å². The molecule has 12 aromatic rings. The van der Waals surface area contributed by atoms with Crippen molar-refractivity contribution >= 4 is 53.9 Å². The molecule has 0 N–H and O–H groups in total. The maximum absolute atomic E-state index is 2.41. The van der Waals surface area contributed by atoms with Crippen LogP contribution >= 0.6 is 0 Å². The second-order valence-corrected chi connectivity index (χ2v) is 17.5. The highest BCUT2D eigenvalue weighted by molar-refractivity contribution is 6.22. The molecule has 2 aliphatic carbocycles. The van der Waals surface area contributed by atoms with Crippen LogP contribution in [-0.2, 0) is 5.41 Å². The molecule has 63 heavy (non-hydrogen) atoms. The second-order valence-electron chi connectivity index (χ2n) is 17.5. The highest BCUT2D eigenvalue weighted by atomic mass is 14.5. The zero-order chi connectivity index (χ0) is 41.2. The third-order valence-corrected chi connectivity index (χ3v) is 14.4. The van der Waals surface area contributed by atoms with Crippen molar-refractivity contribution in [2.75, 3.05) is 0 Å². The first kappa shape index (κ1) is 34.6. The Kier molecular flexibility index (Phi) is 7.13. The Labute approximate surface area is 366 Å². The normalized spacial score (nSPS) is 13.2. The molecule has 0 unspecified atom stereocenters. The van der Waals surface area contributed by atoms with Crippen molar-refractivity contribution in [2.24, 2.45) is 0 Å². The van der Waals surface area contributed by atoms with E-state index in [0.717, 1.165) is 0 Å². The van der Waals surface area contributed by atoms with Crippen LogP contribution in [0.1, 0.15) is 22.3 Å². The van der Waals surface area contributed by atoms with E-state index in [1.807, 2.05) is 0 Å². The third-order valence-electron chi connectivity index (χ3n) is 14.4. The summed E-state index contributed by atoms with van der Waals surface area (Å²) in [6, 6.07) is 86.6. The second kappa shape index (κ2) is 13.0. The van der Waals surface area contributed by atoms with Gasteiger partial charge in [0.05, 0.1) is 5.41 Å². The molecule has 2 aliphatic rings. The molecule has 0 amide bonds. The summed E-state index contributed by atoms with van der Waals surface area (Å²) in [5.41, 5.74) is 17.9. The Morgan fingerprint density at radius 1 is 0.222 bits per heavy atom. The Balaban J connectivity index is 0.931. The van der Waals surface area contributed by atoms with Gasteiger partial charge < -0.3 is 0 Å². The van der Waals surface area contributed by atoms with Crippen LogP contribution in [0.15, 0.2) is 231 Å². The number of hydrogen-bond acceptors (Lipinski definition) is 0. The van der Waals surface area contributed by atoms with Gasteiger partial charge in [0.1, 0.15) is 0 Å². The van der Waals surface area contributed by atoms with Crippen LogP contribution in [0.3, 0.4) is 0 Å². The first-order valence-corrected chi connectivity index (χ1v) is 22.1. The molecular formula is C63H38. The zero-order valence-corrected chi connectivity index (χ0v) is 34.4. The molecule has 0 radical (unpaired) electrons. The molecule has 1 spiro atoms. The molecule has 0 saturated carbocycles. The lowest BCUT2D eigenvalue weighted by molar-refractivity contribution is 0.809. The first-order valence-electron chi connectivity index (χ1n) is 22.1. The first-order chi connectivity index (χ1) is 31.3. The predicted octanol–water partition coefficient (Wildman–Crippen LogP) is 16.8. The molecule has 14 rings (SSSR count). The SMILES string of the molecule is c1ccc2c(c1)-c1ccccc1C21c2c(ccc3ccccc23)-c2ccc3cc(-c4ccc(-c5c6ccccc6c(-c6ccc7ccccc7c6)c6ccccc56)cc4)ccc3c21. The monoisotopic (exact) mass is 794 g/mol. The minimum atomic E-state index is -0.434. The van der Waals surface area contributed by atoms with Crippen LogP contribution in [-0.4, -0.2) is 0 Å². The molecule has 0 heteroatoms. The van der Waals surface area contributed by atoms with Crippen LogP contribution in [0, 0.1) is 0 Å². The van der Waals surface area contributed by atoms with E-state index < -0.39 is 5.41 Å². The lowest BCUT2D eigenvalue weighted by Crippen LogP contribution is -2.26. The van der Waals surface area contributed by atoms with Gasteiger partial charge in [0.15, 0.2) is 0 Å². The molecule has 290 valence electrons. The average Bonchev–Trinajstić information content (AvgIpc) is 3.83. The fourth-order valence-electron chi connectivity index (χ4n) is 11.9. The standard InChI is InChI=1S/C63H38/c1-2-15-43-38-46(30-27-39(43)13-1)60-53-21-7-5-19-51(53)59(52-20-6-8-22-54(52)60)42-28-25-40(26-29-42)44-32-34-48-45(37-44)33-36-56-55-35-31-41-14-3-4-16-47(41)61(55)63(62(48)56)57-23-11-9-17-49(57)50-18-10-12-24-58(50)63/h1-38H. The van der Waals surface area contributed by atoms with Gasteiger partial charge in [0, 0.05) is 0 Å². The summed E-state index contributed by atoms with van der Waals surface area (Å²) in [6.07, 6.45) is 0. The van der Waals surface area contributed by atoms with Crippen LogP contribution in [0.2, 0.25) is 0 Å². The summed E-state index contributed by atoms with van der Waals surface area (Å²) in [5, 5.41) is 12.8. The molecule has 0 aromatic heterocycles. The van der Waals surface area contributed by atoms with Crippen molar-refractivity contribution in [2.45, 2.75) is 5.41 Å². The molecule has 0 bridgehead atoms. The zero-order valence-electron chi connectivity index (χ0n) is 34.4. The largest absolute Gasteiger partial charge is 0.0737 e. The minimum absolute atomic E-state index is 0.434. The van der Waals surface area contributed by atoms with Gasteiger partial charge in [-0.15, -0.1) is 0 Å². The molecule has 0 fully saturated rings. The maximum Gasteiger partial charge on any atom is 0.0737 e. The van der Waals surface area contributed by atoms with Crippen molar-refractivity contribution in [3.8, 4) is 55.6 Å². The van der Waals surface area contributed by atoms with E-state index in [0.29, 0.717) is 0 Å². The molecule has 0 atom stereocenters. The van der Waals surface area contributed by atoms with Gasteiger partial charge in [0.25, 0.3) is 0 Å². The molecular weight excluding hydrogens is 757 g/mol. The summed E-state index contributed by atoms with van der Waals surface area (Å²) in [6.45, 7) is 0. The van der Waals surface area contributed by atoms with Gasteiger partial charge in [-0.2, -0.15) is 0 Å². The third kappa shape index (κ3) is 4.70.